The number of halogens is 1. The van der Waals surface area contributed by atoms with Crippen molar-refractivity contribution in [2.75, 3.05) is 20.8 Å². The van der Waals surface area contributed by atoms with Crippen LogP contribution in [0.2, 0.25) is 5.02 Å². The van der Waals surface area contributed by atoms with Crippen molar-refractivity contribution >= 4 is 11.6 Å². The van der Waals surface area contributed by atoms with Crippen LogP contribution in [-0.2, 0) is 19.6 Å². The van der Waals surface area contributed by atoms with E-state index in [9.17, 15) is 0 Å². The zero-order chi connectivity index (χ0) is 26.9. The molecule has 0 atom stereocenters. The highest BCUT2D eigenvalue weighted by atomic mass is 35.5. The molecule has 1 heterocycles. The van der Waals surface area contributed by atoms with Crippen molar-refractivity contribution in [3.05, 3.63) is 89.1 Å². The Hall–Kier alpha value is -3.28. The Balaban J connectivity index is 1.79. The molecule has 0 aliphatic carbocycles. The lowest BCUT2D eigenvalue weighted by Gasteiger charge is -2.25. The monoisotopic (exact) mass is 531 g/mol. The molecule has 0 saturated carbocycles. The Kier molecular flexibility index (Phi) is 9.85. The molecule has 0 radical (unpaired) electrons. The molecule has 4 aromatic rings. The molecule has 0 spiro atoms. The Morgan fingerprint density at radius 2 is 1.50 bits per heavy atom. The number of hydrogen-bond donors (Lipinski definition) is 0. The number of rotatable bonds is 13. The summed E-state index contributed by atoms with van der Waals surface area (Å²) in [7, 11) is 3.26. The first kappa shape index (κ1) is 27.7. The summed E-state index contributed by atoms with van der Waals surface area (Å²) in [6.45, 7) is 7.76. The largest absolute Gasteiger partial charge is 0.493 e. The fourth-order valence-electron chi connectivity index (χ4n) is 4.85. The van der Waals surface area contributed by atoms with Gasteiger partial charge in [0.05, 0.1) is 30.6 Å². The van der Waals surface area contributed by atoms with E-state index in [1.54, 1.807) is 14.2 Å². The number of imidazole rings is 1. The number of hydrogen-bond acceptors (Lipinski definition) is 4. The van der Waals surface area contributed by atoms with E-state index in [-0.39, 0.29) is 0 Å². The van der Waals surface area contributed by atoms with Gasteiger partial charge in [0, 0.05) is 30.8 Å². The summed E-state index contributed by atoms with van der Waals surface area (Å²) >= 11 is 6.82. The highest BCUT2D eigenvalue weighted by molar-refractivity contribution is 6.33. The van der Waals surface area contributed by atoms with Crippen LogP contribution < -0.4 is 9.47 Å². The van der Waals surface area contributed by atoms with Gasteiger partial charge in [0.15, 0.2) is 11.5 Å². The minimum Gasteiger partial charge on any atom is -0.493 e. The second kappa shape index (κ2) is 13.5. The summed E-state index contributed by atoms with van der Waals surface area (Å²) < 4.78 is 13.4. The number of aromatic nitrogens is 2. The van der Waals surface area contributed by atoms with E-state index in [0.29, 0.717) is 23.1 Å². The van der Waals surface area contributed by atoms with Crippen LogP contribution in [-0.4, -0.2) is 35.2 Å². The number of ether oxygens (including phenoxy) is 2. The van der Waals surface area contributed by atoms with Crippen molar-refractivity contribution in [1.29, 1.82) is 0 Å². The Morgan fingerprint density at radius 1 is 0.816 bits per heavy atom. The Labute approximate surface area is 232 Å². The molecule has 0 bridgehead atoms. The third kappa shape index (κ3) is 6.23. The second-order valence-corrected chi connectivity index (χ2v) is 9.83. The summed E-state index contributed by atoms with van der Waals surface area (Å²) in [6.07, 6.45) is 3.23. The van der Waals surface area contributed by atoms with Gasteiger partial charge in [0.2, 0.25) is 0 Å². The van der Waals surface area contributed by atoms with Gasteiger partial charge >= 0.3 is 0 Å². The van der Waals surface area contributed by atoms with Crippen molar-refractivity contribution in [3.63, 3.8) is 0 Å². The van der Waals surface area contributed by atoms with Gasteiger partial charge in [-0.05, 0) is 31.0 Å². The van der Waals surface area contributed by atoms with E-state index < -0.39 is 0 Å². The topological polar surface area (TPSA) is 39.5 Å². The first-order valence-electron chi connectivity index (χ1n) is 13.4. The Bertz CT molecular complexity index is 1310. The highest BCUT2D eigenvalue weighted by Crippen LogP contribution is 2.38. The highest BCUT2D eigenvalue weighted by Gasteiger charge is 2.23. The van der Waals surface area contributed by atoms with Gasteiger partial charge < -0.3 is 14.0 Å². The van der Waals surface area contributed by atoms with E-state index in [0.717, 1.165) is 67.1 Å². The van der Waals surface area contributed by atoms with Crippen molar-refractivity contribution in [2.24, 2.45) is 0 Å². The van der Waals surface area contributed by atoms with E-state index in [4.69, 9.17) is 26.1 Å². The normalized spacial score (nSPS) is 11.2. The maximum absolute atomic E-state index is 6.82. The minimum absolute atomic E-state index is 0.578. The predicted molar refractivity (Wildman–Crippen MR) is 157 cm³/mol. The predicted octanol–water partition coefficient (Wildman–Crippen LogP) is 8.10. The summed E-state index contributed by atoms with van der Waals surface area (Å²) in [5, 5.41) is 0.601. The summed E-state index contributed by atoms with van der Waals surface area (Å²) in [4.78, 5) is 7.72. The lowest BCUT2D eigenvalue weighted by Crippen LogP contribution is -2.26. The molecule has 0 amide bonds. The van der Waals surface area contributed by atoms with Crippen molar-refractivity contribution in [1.82, 2.24) is 14.5 Å². The van der Waals surface area contributed by atoms with Crippen molar-refractivity contribution in [2.45, 2.75) is 52.7 Å². The van der Waals surface area contributed by atoms with E-state index in [2.05, 4.69) is 84.0 Å². The molecular weight excluding hydrogens is 494 g/mol. The quantitative estimate of drug-likeness (QED) is 0.175. The van der Waals surface area contributed by atoms with Gasteiger partial charge in [0.25, 0.3) is 0 Å². The summed E-state index contributed by atoms with van der Waals surface area (Å²) in [5.41, 5.74) is 5.55. The van der Waals surface area contributed by atoms with Crippen molar-refractivity contribution in [3.8, 4) is 34.1 Å². The third-order valence-electron chi connectivity index (χ3n) is 6.76. The fourth-order valence-corrected chi connectivity index (χ4v) is 5.14. The molecule has 0 fully saturated rings. The average Bonchev–Trinajstić information content (AvgIpc) is 3.31. The number of benzene rings is 3. The Morgan fingerprint density at radius 3 is 2.11 bits per heavy atom. The van der Waals surface area contributed by atoms with Gasteiger partial charge in [-0.3, -0.25) is 4.90 Å². The standard InChI is InChI=1S/C32H38ClN3O2/c1-5-7-21-35(22-26-18-19-28(37-3)31(38-4)29(26)33)23-27-30(24-14-10-8-11-15-24)34-32(36(27)20-6-2)25-16-12-9-13-17-25/h8-19H,5-7,20-23H2,1-4H3. The molecule has 3 aromatic carbocycles. The minimum atomic E-state index is 0.578. The third-order valence-corrected chi connectivity index (χ3v) is 7.17. The van der Waals surface area contributed by atoms with Crippen LogP contribution in [0.5, 0.6) is 11.5 Å². The summed E-state index contributed by atoms with van der Waals surface area (Å²) in [6, 6.07) is 25.0. The van der Waals surface area contributed by atoms with Gasteiger partial charge in [-0.2, -0.15) is 0 Å². The van der Waals surface area contributed by atoms with Crippen LogP contribution in [0.1, 0.15) is 44.4 Å². The van der Waals surface area contributed by atoms with Crippen LogP contribution in [0, 0.1) is 0 Å². The maximum Gasteiger partial charge on any atom is 0.179 e. The van der Waals surface area contributed by atoms with Gasteiger partial charge in [0.1, 0.15) is 5.82 Å². The first-order valence-corrected chi connectivity index (χ1v) is 13.8. The SMILES string of the molecule is CCCCN(Cc1ccc(OC)c(OC)c1Cl)Cc1c(-c2ccccc2)nc(-c2ccccc2)n1CCC. The molecule has 1 aromatic heterocycles. The smallest absolute Gasteiger partial charge is 0.179 e. The molecule has 0 aliphatic heterocycles. The van der Waals surface area contributed by atoms with Crippen molar-refractivity contribution < 1.29 is 9.47 Å². The van der Waals surface area contributed by atoms with E-state index in [1.807, 2.05) is 12.1 Å². The number of unbranched alkanes of at least 4 members (excludes halogenated alkanes) is 1. The maximum atomic E-state index is 6.82. The fraction of sp³-hybridized carbons (Fsp3) is 0.344. The van der Waals surface area contributed by atoms with Crippen LogP contribution in [0.15, 0.2) is 72.8 Å². The van der Waals surface area contributed by atoms with Crippen LogP contribution in [0.3, 0.4) is 0 Å². The second-order valence-electron chi connectivity index (χ2n) is 9.45. The molecule has 38 heavy (non-hydrogen) atoms. The van der Waals surface area contributed by atoms with E-state index in [1.165, 1.54) is 5.69 Å². The average molecular weight is 532 g/mol. The van der Waals surface area contributed by atoms with Gasteiger partial charge in [-0.25, -0.2) is 4.98 Å². The van der Waals surface area contributed by atoms with E-state index >= 15 is 0 Å². The molecule has 0 saturated heterocycles. The lowest BCUT2D eigenvalue weighted by atomic mass is 10.1. The van der Waals surface area contributed by atoms with Crippen LogP contribution in [0.4, 0.5) is 0 Å². The number of methoxy groups -OCH3 is 2. The van der Waals surface area contributed by atoms with Crippen LogP contribution >= 0.6 is 11.6 Å². The lowest BCUT2D eigenvalue weighted by molar-refractivity contribution is 0.246. The first-order chi connectivity index (χ1) is 18.6. The van der Waals surface area contributed by atoms with Crippen LogP contribution in [0.25, 0.3) is 22.6 Å². The number of nitrogens with zero attached hydrogens (tertiary/aromatic N) is 3. The molecule has 0 unspecified atom stereocenters. The molecule has 6 heteroatoms. The molecule has 200 valence electrons. The van der Waals surface area contributed by atoms with Gasteiger partial charge in [-0.1, -0.05) is 98.6 Å². The molecular formula is C32H38ClN3O2. The zero-order valence-corrected chi connectivity index (χ0v) is 23.7. The molecule has 5 nitrogen and oxygen atoms in total. The molecule has 4 rings (SSSR count). The zero-order valence-electron chi connectivity index (χ0n) is 22.9. The molecule has 0 aliphatic rings. The molecule has 0 N–H and O–H groups in total. The van der Waals surface area contributed by atoms with Gasteiger partial charge in [-0.15, -0.1) is 0 Å². The summed E-state index contributed by atoms with van der Waals surface area (Å²) in [5.74, 6) is 2.23.